The molecule has 0 atom stereocenters. The van der Waals surface area contributed by atoms with Crippen molar-refractivity contribution >= 4 is 11.6 Å². The van der Waals surface area contributed by atoms with Crippen LogP contribution < -0.4 is 5.32 Å². The molecule has 0 unspecified atom stereocenters. The van der Waals surface area contributed by atoms with E-state index < -0.39 is 0 Å². The number of rotatable bonds is 9. The monoisotopic (exact) mass is 380 g/mol. The van der Waals surface area contributed by atoms with Crippen molar-refractivity contribution in [3.63, 3.8) is 0 Å². The number of amides is 1. The Labute approximate surface area is 164 Å². The lowest BCUT2D eigenvalue weighted by Gasteiger charge is -2.16. The summed E-state index contributed by atoms with van der Waals surface area (Å²) in [5.41, 5.74) is 3.59. The molecule has 28 heavy (non-hydrogen) atoms. The zero-order chi connectivity index (χ0) is 19.8. The van der Waals surface area contributed by atoms with Crippen LogP contribution in [0.2, 0.25) is 0 Å². The predicted molar refractivity (Wildman–Crippen MR) is 109 cm³/mol. The number of anilines is 1. The maximum atomic E-state index is 13.0. The van der Waals surface area contributed by atoms with E-state index in [0.717, 1.165) is 42.0 Å². The van der Waals surface area contributed by atoms with Crippen LogP contribution in [0.3, 0.4) is 0 Å². The van der Waals surface area contributed by atoms with Gasteiger partial charge in [0.25, 0.3) is 0 Å². The van der Waals surface area contributed by atoms with E-state index in [1.807, 2.05) is 43.4 Å². The average Bonchev–Trinajstić information content (AvgIpc) is 3.17. The Balaban J connectivity index is 1.36. The van der Waals surface area contributed by atoms with E-state index in [1.165, 1.54) is 12.1 Å². The Kier molecular flexibility index (Phi) is 6.92. The van der Waals surface area contributed by atoms with Gasteiger partial charge in [0.15, 0.2) is 0 Å². The number of aromatic amines is 1. The quantitative estimate of drug-likeness (QED) is 0.587. The van der Waals surface area contributed by atoms with Gasteiger partial charge in [-0.1, -0.05) is 18.2 Å². The van der Waals surface area contributed by atoms with Gasteiger partial charge >= 0.3 is 0 Å². The van der Waals surface area contributed by atoms with Gasteiger partial charge < -0.3 is 10.2 Å². The molecule has 0 saturated carbocycles. The third kappa shape index (κ3) is 6.03. The van der Waals surface area contributed by atoms with Gasteiger partial charge in [-0.05, 0) is 68.9 Å². The van der Waals surface area contributed by atoms with Crippen molar-refractivity contribution in [3.05, 3.63) is 72.2 Å². The smallest absolute Gasteiger partial charge is 0.225 e. The molecule has 3 aromatic rings. The number of H-pyrrole nitrogens is 1. The minimum atomic E-state index is -0.250. The molecular weight excluding hydrogens is 355 g/mol. The number of carbonyl (C=O) groups is 1. The molecule has 3 rings (SSSR count). The Morgan fingerprint density at radius 2 is 1.86 bits per heavy atom. The van der Waals surface area contributed by atoms with Crippen molar-refractivity contribution in [3.8, 4) is 11.3 Å². The maximum Gasteiger partial charge on any atom is 0.225 e. The Morgan fingerprint density at radius 1 is 1.11 bits per heavy atom. The van der Waals surface area contributed by atoms with Crippen LogP contribution in [0.15, 0.2) is 60.7 Å². The fourth-order valence-corrected chi connectivity index (χ4v) is 2.95. The van der Waals surface area contributed by atoms with Crippen LogP contribution in [0.25, 0.3) is 11.3 Å². The number of aromatic nitrogens is 2. The fourth-order valence-electron chi connectivity index (χ4n) is 2.95. The molecule has 1 aromatic heterocycles. The van der Waals surface area contributed by atoms with E-state index >= 15 is 0 Å². The summed E-state index contributed by atoms with van der Waals surface area (Å²) in [6, 6.07) is 17.8. The van der Waals surface area contributed by atoms with E-state index in [2.05, 4.69) is 20.4 Å². The second-order valence-electron chi connectivity index (χ2n) is 6.86. The van der Waals surface area contributed by atoms with Gasteiger partial charge in [-0.2, -0.15) is 5.10 Å². The standard InChI is InChI=1S/C22H25FN4O/c1-27(15-13-22(28)24-19-6-3-2-4-7-19)14-5-8-20-16-21(26-25-20)17-9-11-18(23)12-10-17/h2-4,6-7,9-12,16H,5,8,13-15H2,1H3,(H,24,28)(H,25,26). The molecule has 0 bridgehead atoms. The lowest BCUT2D eigenvalue weighted by molar-refractivity contribution is -0.116. The topological polar surface area (TPSA) is 61.0 Å². The van der Waals surface area contributed by atoms with Crippen molar-refractivity contribution in [1.82, 2.24) is 15.1 Å². The van der Waals surface area contributed by atoms with E-state index in [-0.39, 0.29) is 11.7 Å². The maximum absolute atomic E-state index is 13.0. The first-order chi connectivity index (χ1) is 13.6. The number of halogens is 1. The minimum absolute atomic E-state index is 0.0237. The molecular formula is C22H25FN4O. The lowest BCUT2D eigenvalue weighted by atomic mass is 10.1. The first-order valence-corrected chi connectivity index (χ1v) is 9.44. The van der Waals surface area contributed by atoms with E-state index in [1.54, 1.807) is 12.1 Å². The summed E-state index contributed by atoms with van der Waals surface area (Å²) in [6.45, 7) is 1.60. The zero-order valence-corrected chi connectivity index (χ0v) is 16.0. The molecule has 1 amide bonds. The molecule has 0 saturated heterocycles. The number of carbonyl (C=O) groups excluding carboxylic acids is 1. The SMILES string of the molecule is CN(CCCc1cc(-c2ccc(F)cc2)n[nH]1)CCC(=O)Nc1ccccc1. The van der Waals surface area contributed by atoms with Crippen molar-refractivity contribution < 1.29 is 9.18 Å². The van der Waals surface area contributed by atoms with Gasteiger partial charge in [-0.25, -0.2) is 4.39 Å². The summed E-state index contributed by atoms with van der Waals surface area (Å²) in [7, 11) is 2.02. The molecule has 6 heteroatoms. The first-order valence-electron chi connectivity index (χ1n) is 9.44. The Hall–Kier alpha value is -2.99. The molecule has 1 heterocycles. The van der Waals surface area contributed by atoms with Crippen molar-refractivity contribution in [2.75, 3.05) is 25.5 Å². The summed E-state index contributed by atoms with van der Waals surface area (Å²) >= 11 is 0. The molecule has 0 spiro atoms. The van der Waals surface area contributed by atoms with Gasteiger partial charge in [-0.3, -0.25) is 9.89 Å². The van der Waals surface area contributed by atoms with Gasteiger partial charge in [-0.15, -0.1) is 0 Å². The van der Waals surface area contributed by atoms with Crippen molar-refractivity contribution in [1.29, 1.82) is 0 Å². The van der Waals surface area contributed by atoms with Gasteiger partial charge in [0.1, 0.15) is 5.82 Å². The summed E-state index contributed by atoms with van der Waals surface area (Å²) in [5, 5.41) is 10.2. The van der Waals surface area contributed by atoms with E-state index in [4.69, 9.17) is 0 Å². The number of aryl methyl sites for hydroxylation is 1. The summed E-state index contributed by atoms with van der Waals surface area (Å²) < 4.78 is 13.0. The highest BCUT2D eigenvalue weighted by Crippen LogP contribution is 2.18. The first kappa shape index (κ1) is 19.8. The fraction of sp³-hybridized carbons (Fsp3) is 0.273. The van der Waals surface area contributed by atoms with Gasteiger partial charge in [0.05, 0.1) is 5.69 Å². The molecule has 2 N–H and O–H groups in total. The number of para-hydroxylation sites is 1. The van der Waals surface area contributed by atoms with E-state index in [9.17, 15) is 9.18 Å². The van der Waals surface area contributed by atoms with Gasteiger partial charge in [0, 0.05) is 29.9 Å². The van der Waals surface area contributed by atoms with Crippen LogP contribution >= 0.6 is 0 Å². The molecule has 0 aliphatic rings. The number of nitrogens with zero attached hydrogens (tertiary/aromatic N) is 2. The van der Waals surface area contributed by atoms with Crippen LogP contribution in [0, 0.1) is 5.82 Å². The number of hydrogen-bond donors (Lipinski definition) is 2. The van der Waals surface area contributed by atoms with Crippen LogP contribution in [-0.2, 0) is 11.2 Å². The minimum Gasteiger partial charge on any atom is -0.326 e. The normalized spacial score (nSPS) is 11.0. The van der Waals surface area contributed by atoms with Crippen LogP contribution in [0.4, 0.5) is 10.1 Å². The molecule has 2 aromatic carbocycles. The van der Waals surface area contributed by atoms with E-state index in [0.29, 0.717) is 13.0 Å². The number of nitrogens with one attached hydrogen (secondary N) is 2. The molecule has 0 aliphatic heterocycles. The number of benzene rings is 2. The summed E-state index contributed by atoms with van der Waals surface area (Å²) in [4.78, 5) is 14.2. The average molecular weight is 380 g/mol. The Morgan fingerprint density at radius 3 is 2.61 bits per heavy atom. The molecule has 0 aliphatic carbocycles. The molecule has 146 valence electrons. The zero-order valence-electron chi connectivity index (χ0n) is 16.0. The van der Waals surface area contributed by atoms with Crippen molar-refractivity contribution in [2.45, 2.75) is 19.3 Å². The largest absolute Gasteiger partial charge is 0.326 e. The number of hydrogen-bond acceptors (Lipinski definition) is 3. The highest BCUT2D eigenvalue weighted by molar-refractivity contribution is 5.90. The molecule has 0 radical (unpaired) electrons. The lowest BCUT2D eigenvalue weighted by Crippen LogP contribution is -2.25. The third-order valence-corrected chi connectivity index (χ3v) is 4.53. The van der Waals surface area contributed by atoms with Crippen LogP contribution in [0.5, 0.6) is 0 Å². The predicted octanol–water partition coefficient (Wildman–Crippen LogP) is 4.11. The van der Waals surface area contributed by atoms with Gasteiger partial charge in [0.2, 0.25) is 5.91 Å². The highest BCUT2D eigenvalue weighted by Gasteiger charge is 2.07. The second-order valence-corrected chi connectivity index (χ2v) is 6.86. The van der Waals surface area contributed by atoms with Crippen LogP contribution in [-0.4, -0.2) is 41.1 Å². The highest BCUT2D eigenvalue weighted by atomic mass is 19.1. The molecule has 0 fully saturated rings. The summed E-state index contributed by atoms with van der Waals surface area (Å²) in [5.74, 6) is -0.226. The van der Waals surface area contributed by atoms with Crippen LogP contribution in [0.1, 0.15) is 18.5 Å². The molecule has 5 nitrogen and oxygen atoms in total. The Bertz CT molecular complexity index is 877. The van der Waals surface area contributed by atoms with Crippen molar-refractivity contribution in [2.24, 2.45) is 0 Å². The summed E-state index contributed by atoms with van der Waals surface area (Å²) in [6.07, 6.45) is 2.29. The second kappa shape index (κ2) is 9.80. The third-order valence-electron chi connectivity index (χ3n) is 4.53.